The molecule has 1 aliphatic rings. The molecule has 1 saturated heterocycles. The second-order valence-corrected chi connectivity index (χ2v) is 5.76. The molecule has 1 aliphatic heterocycles. The van der Waals surface area contributed by atoms with Crippen molar-refractivity contribution in [3.63, 3.8) is 0 Å². The number of amides is 1. The van der Waals surface area contributed by atoms with Crippen LogP contribution in [0.1, 0.15) is 18.4 Å². The van der Waals surface area contributed by atoms with Crippen LogP contribution in [0.4, 0.5) is 0 Å². The molecule has 2 N–H and O–H groups in total. The number of carbonyl (C=O) groups is 2. The van der Waals surface area contributed by atoms with Gasteiger partial charge in [0.15, 0.2) is 0 Å². The molecular formula is C17H24N2O5. The zero-order chi connectivity index (χ0) is 17.2. The number of carbonyl (C=O) groups excluding carboxylic acids is 2. The summed E-state index contributed by atoms with van der Waals surface area (Å²) in [6.07, 6.45) is -0.334. The molecule has 1 aromatic carbocycles. The molecule has 0 unspecified atom stereocenters. The van der Waals surface area contributed by atoms with Gasteiger partial charge in [-0.2, -0.15) is 0 Å². The molecule has 0 bridgehead atoms. The van der Waals surface area contributed by atoms with Gasteiger partial charge < -0.3 is 29.6 Å². The first kappa shape index (κ1) is 18.2. The SMILES string of the molecule is O=C([O-])CCC(=O)NCc1cccc(OCC[NH+]2CCOCC2)c1. The maximum Gasteiger partial charge on any atom is 0.220 e. The van der Waals surface area contributed by atoms with Gasteiger partial charge in [-0.1, -0.05) is 12.1 Å². The third-order valence-electron chi connectivity index (χ3n) is 3.87. The summed E-state index contributed by atoms with van der Waals surface area (Å²) in [6.45, 7) is 5.57. The molecule has 7 nitrogen and oxygen atoms in total. The lowest BCUT2D eigenvalue weighted by atomic mass is 10.2. The van der Waals surface area contributed by atoms with Crippen LogP contribution in [0.3, 0.4) is 0 Å². The number of carboxylic acid groups (broad SMARTS) is 1. The number of hydrogen-bond donors (Lipinski definition) is 2. The number of quaternary nitrogens is 1. The van der Waals surface area contributed by atoms with Gasteiger partial charge >= 0.3 is 0 Å². The Morgan fingerprint density at radius 3 is 2.79 bits per heavy atom. The molecule has 0 saturated carbocycles. The van der Waals surface area contributed by atoms with Gasteiger partial charge in [-0.25, -0.2) is 0 Å². The Bertz CT molecular complexity index is 544. The molecule has 132 valence electrons. The summed E-state index contributed by atoms with van der Waals surface area (Å²) in [6, 6.07) is 7.53. The predicted molar refractivity (Wildman–Crippen MR) is 84.4 cm³/mol. The Morgan fingerprint density at radius 2 is 2.04 bits per heavy atom. The molecule has 1 fully saturated rings. The van der Waals surface area contributed by atoms with E-state index in [-0.39, 0.29) is 18.7 Å². The van der Waals surface area contributed by atoms with Crippen LogP contribution in [0.25, 0.3) is 0 Å². The maximum atomic E-state index is 11.5. The van der Waals surface area contributed by atoms with E-state index in [1.54, 1.807) is 0 Å². The van der Waals surface area contributed by atoms with Crippen molar-refractivity contribution in [3.8, 4) is 5.75 Å². The fraction of sp³-hybridized carbons (Fsp3) is 0.529. The Kier molecular flexibility index (Phi) is 7.51. The summed E-state index contributed by atoms with van der Waals surface area (Å²) in [4.78, 5) is 23.3. The molecule has 0 aromatic heterocycles. The van der Waals surface area contributed by atoms with E-state index < -0.39 is 5.97 Å². The molecule has 1 aromatic rings. The summed E-state index contributed by atoms with van der Waals surface area (Å²) in [5.74, 6) is -0.756. The van der Waals surface area contributed by atoms with E-state index in [0.29, 0.717) is 13.2 Å². The number of nitrogens with one attached hydrogen (secondary N) is 2. The lowest BCUT2D eigenvalue weighted by Gasteiger charge is -2.23. The monoisotopic (exact) mass is 336 g/mol. The Morgan fingerprint density at radius 1 is 1.25 bits per heavy atom. The lowest BCUT2D eigenvalue weighted by molar-refractivity contribution is -0.908. The fourth-order valence-corrected chi connectivity index (χ4v) is 2.47. The summed E-state index contributed by atoms with van der Waals surface area (Å²) < 4.78 is 11.1. The molecular weight excluding hydrogens is 312 g/mol. The van der Waals surface area contributed by atoms with Gasteiger partial charge in [0.1, 0.15) is 32.0 Å². The highest BCUT2D eigenvalue weighted by molar-refractivity contribution is 5.79. The average molecular weight is 336 g/mol. The van der Waals surface area contributed by atoms with Crippen LogP contribution in [0, 0.1) is 0 Å². The first-order chi connectivity index (χ1) is 11.6. The van der Waals surface area contributed by atoms with Crippen molar-refractivity contribution in [2.24, 2.45) is 0 Å². The van der Waals surface area contributed by atoms with Crippen molar-refractivity contribution < 1.29 is 29.1 Å². The van der Waals surface area contributed by atoms with Gasteiger partial charge in [-0.3, -0.25) is 4.79 Å². The number of hydrogen-bond acceptors (Lipinski definition) is 5. The van der Waals surface area contributed by atoms with E-state index in [1.165, 1.54) is 4.90 Å². The normalized spacial score (nSPS) is 15.0. The van der Waals surface area contributed by atoms with Gasteiger partial charge in [0.05, 0.1) is 13.2 Å². The topological polar surface area (TPSA) is 92.1 Å². The number of benzene rings is 1. The van der Waals surface area contributed by atoms with Gasteiger partial charge in [0.25, 0.3) is 0 Å². The molecule has 1 heterocycles. The van der Waals surface area contributed by atoms with Crippen LogP contribution < -0.4 is 20.1 Å². The second kappa shape index (κ2) is 9.89. The van der Waals surface area contributed by atoms with Crippen LogP contribution in [0.5, 0.6) is 5.75 Å². The first-order valence-corrected chi connectivity index (χ1v) is 8.23. The Hall–Kier alpha value is -2.12. The average Bonchev–Trinajstić information content (AvgIpc) is 2.59. The van der Waals surface area contributed by atoms with Crippen LogP contribution in [0.15, 0.2) is 24.3 Å². The van der Waals surface area contributed by atoms with E-state index >= 15 is 0 Å². The first-order valence-electron chi connectivity index (χ1n) is 8.23. The third kappa shape index (κ3) is 6.97. The minimum atomic E-state index is -1.22. The Labute approximate surface area is 141 Å². The number of rotatable bonds is 9. The van der Waals surface area contributed by atoms with Crippen molar-refractivity contribution in [3.05, 3.63) is 29.8 Å². The highest BCUT2D eigenvalue weighted by Gasteiger charge is 2.13. The minimum absolute atomic E-state index is 0.0686. The number of morpholine rings is 1. The number of ether oxygens (including phenoxy) is 2. The zero-order valence-corrected chi connectivity index (χ0v) is 13.7. The molecule has 0 aliphatic carbocycles. The number of carboxylic acids is 1. The fourth-order valence-electron chi connectivity index (χ4n) is 2.47. The van der Waals surface area contributed by atoms with E-state index in [0.717, 1.165) is 44.2 Å². The van der Waals surface area contributed by atoms with Crippen molar-refractivity contribution in [1.29, 1.82) is 0 Å². The Balaban J connectivity index is 1.70. The smallest absolute Gasteiger partial charge is 0.220 e. The van der Waals surface area contributed by atoms with Crippen LogP contribution >= 0.6 is 0 Å². The third-order valence-corrected chi connectivity index (χ3v) is 3.87. The van der Waals surface area contributed by atoms with Crippen molar-refractivity contribution >= 4 is 11.9 Å². The highest BCUT2D eigenvalue weighted by atomic mass is 16.5. The summed E-state index contributed by atoms with van der Waals surface area (Å²) in [5, 5.41) is 13.0. The summed E-state index contributed by atoms with van der Waals surface area (Å²) >= 11 is 0. The molecule has 2 rings (SSSR count). The minimum Gasteiger partial charge on any atom is -0.550 e. The van der Waals surface area contributed by atoms with Crippen LogP contribution in [0.2, 0.25) is 0 Å². The zero-order valence-electron chi connectivity index (χ0n) is 13.7. The number of aliphatic carboxylic acids is 1. The standard InChI is InChI=1S/C17H24N2O5/c20-16(4-5-17(21)22)18-13-14-2-1-3-15(12-14)24-11-8-19-6-9-23-10-7-19/h1-3,12H,4-11,13H2,(H,18,20)(H,21,22). The largest absolute Gasteiger partial charge is 0.550 e. The summed E-state index contributed by atoms with van der Waals surface area (Å²) in [7, 11) is 0. The van der Waals surface area contributed by atoms with Crippen LogP contribution in [-0.4, -0.2) is 51.3 Å². The van der Waals surface area contributed by atoms with Crippen molar-refractivity contribution in [2.75, 3.05) is 39.5 Å². The van der Waals surface area contributed by atoms with Gasteiger partial charge in [0.2, 0.25) is 5.91 Å². The maximum absolute atomic E-state index is 11.5. The molecule has 24 heavy (non-hydrogen) atoms. The second-order valence-electron chi connectivity index (χ2n) is 5.76. The van der Waals surface area contributed by atoms with Crippen molar-refractivity contribution in [2.45, 2.75) is 19.4 Å². The molecule has 1 amide bonds. The predicted octanol–water partition coefficient (Wildman–Crippen LogP) is -1.87. The quantitative estimate of drug-likeness (QED) is 0.551. The lowest BCUT2D eigenvalue weighted by Crippen LogP contribution is -3.14. The van der Waals surface area contributed by atoms with E-state index in [9.17, 15) is 14.7 Å². The molecule has 0 radical (unpaired) electrons. The van der Waals surface area contributed by atoms with Gasteiger partial charge in [0, 0.05) is 18.9 Å². The highest BCUT2D eigenvalue weighted by Crippen LogP contribution is 2.13. The molecule has 0 spiro atoms. The van der Waals surface area contributed by atoms with E-state index in [4.69, 9.17) is 9.47 Å². The van der Waals surface area contributed by atoms with E-state index in [2.05, 4.69) is 5.32 Å². The van der Waals surface area contributed by atoms with Crippen LogP contribution in [-0.2, 0) is 20.9 Å². The molecule has 7 heteroatoms. The van der Waals surface area contributed by atoms with Gasteiger partial charge in [-0.15, -0.1) is 0 Å². The van der Waals surface area contributed by atoms with E-state index in [1.807, 2.05) is 24.3 Å². The van der Waals surface area contributed by atoms with Crippen molar-refractivity contribution in [1.82, 2.24) is 5.32 Å². The summed E-state index contributed by atoms with van der Waals surface area (Å²) in [5.41, 5.74) is 0.910. The van der Waals surface area contributed by atoms with Gasteiger partial charge in [-0.05, 0) is 24.1 Å². The molecule has 0 atom stereocenters.